The van der Waals surface area contributed by atoms with Crippen molar-refractivity contribution in [2.24, 2.45) is 0 Å². The van der Waals surface area contributed by atoms with E-state index >= 15 is 0 Å². The predicted octanol–water partition coefficient (Wildman–Crippen LogP) is 3.62. The van der Waals surface area contributed by atoms with Crippen molar-refractivity contribution >= 4 is 34.9 Å². The molecule has 0 atom stereocenters. The summed E-state index contributed by atoms with van der Waals surface area (Å²) in [6.45, 7) is 1.28. The molecule has 0 unspecified atom stereocenters. The summed E-state index contributed by atoms with van der Waals surface area (Å²) in [7, 11) is 0. The van der Waals surface area contributed by atoms with E-state index in [1.807, 2.05) is 0 Å². The first kappa shape index (κ1) is 21.2. The van der Waals surface area contributed by atoms with Crippen molar-refractivity contribution < 1.29 is 31.9 Å². The number of hydrogen-bond donors (Lipinski definition) is 2. The van der Waals surface area contributed by atoms with Crippen molar-refractivity contribution in [3.05, 3.63) is 64.0 Å². The summed E-state index contributed by atoms with van der Waals surface area (Å²) in [5.41, 5.74) is 3.33. The molecule has 0 radical (unpaired) electrons. The minimum absolute atomic E-state index is 0.0697. The van der Waals surface area contributed by atoms with E-state index in [0.717, 1.165) is 12.3 Å². The fourth-order valence-electron chi connectivity index (χ4n) is 2.02. The van der Waals surface area contributed by atoms with Crippen LogP contribution in [0.2, 0.25) is 5.02 Å². The average Bonchev–Trinajstić information content (AvgIpc) is 2.65. The topological polar surface area (TPSA) is 94.3 Å². The second kappa shape index (κ2) is 8.70. The van der Waals surface area contributed by atoms with Crippen molar-refractivity contribution in [3.63, 3.8) is 0 Å². The minimum atomic E-state index is -1.69. The number of pyridine rings is 1. The normalized spacial score (nSPS) is 11.3. The summed E-state index contributed by atoms with van der Waals surface area (Å²) in [6, 6.07) is 1.31. The zero-order valence-corrected chi connectivity index (χ0v) is 14.9. The van der Waals surface area contributed by atoms with Gasteiger partial charge in [-0.25, -0.2) is 27.3 Å². The van der Waals surface area contributed by atoms with Gasteiger partial charge in [0, 0.05) is 12.3 Å². The molecule has 0 saturated carbocycles. The van der Waals surface area contributed by atoms with Gasteiger partial charge in [-0.05, 0) is 13.0 Å². The number of nitrogens with one attached hydrogen (secondary N) is 1. The number of nitrogens with zero attached hydrogens (tertiary/aromatic N) is 1. The molecule has 2 aromatic rings. The zero-order chi connectivity index (χ0) is 21.0. The van der Waals surface area contributed by atoms with Crippen LogP contribution in [0.4, 0.5) is 29.1 Å². The SMILES string of the molecule is CCOC(=O)C(=CNc1cc(N)ncc1F)C(=O)c1cc(F)c(F)c(Cl)c1F. The predicted molar refractivity (Wildman–Crippen MR) is 92.6 cm³/mol. The molecule has 0 amide bonds. The van der Waals surface area contributed by atoms with Crippen LogP contribution in [0.5, 0.6) is 0 Å². The van der Waals surface area contributed by atoms with Crippen LogP contribution in [0.3, 0.4) is 0 Å². The number of halogens is 5. The summed E-state index contributed by atoms with van der Waals surface area (Å²) in [6.07, 6.45) is 1.50. The lowest BCUT2D eigenvalue weighted by Crippen LogP contribution is -2.19. The number of carbonyl (C=O) groups excluding carboxylic acids is 2. The summed E-state index contributed by atoms with van der Waals surface area (Å²) < 4.78 is 59.4. The molecule has 0 bridgehead atoms. The highest BCUT2D eigenvalue weighted by Gasteiger charge is 2.28. The first-order chi connectivity index (χ1) is 13.2. The zero-order valence-electron chi connectivity index (χ0n) is 14.2. The monoisotopic (exact) mass is 417 g/mol. The fourth-order valence-corrected chi connectivity index (χ4v) is 2.22. The number of nitrogens with two attached hydrogens (primary N) is 1. The lowest BCUT2D eigenvalue weighted by Gasteiger charge is -2.10. The molecule has 0 aliphatic rings. The van der Waals surface area contributed by atoms with Crippen LogP contribution in [0.25, 0.3) is 0 Å². The van der Waals surface area contributed by atoms with Gasteiger partial charge in [0.2, 0.25) is 5.78 Å². The van der Waals surface area contributed by atoms with Gasteiger partial charge >= 0.3 is 5.97 Å². The molecule has 148 valence electrons. The molecule has 0 saturated heterocycles. The molecule has 1 aromatic carbocycles. The Balaban J connectivity index is 2.50. The molecule has 0 fully saturated rings. The number of benzene rings is 1. The van der Waals surface area contributed by atoms with E-state index in [1.54, 1.807) is 0 Å². The maximum absolute atomic E-state index is 14.1. The molecular formula is C17H12ClF4N3O3. The highest BCUT2D eigenvalue weighted by atomic mass is 35.5. The van der Waals surface area contributed by atoms with Gasteiger partial charge in [0.1, 0.15) is 16.4 Å². The average molecular weight is 418 g/mol. The molecule has 28 heavy (non-hydrogen) atoms. The van der Waals surface area contributed by atoms with Crippen LogP contribution in [0, 0.1) is 23.3 Å². The molecule has 0 aliphatic heterocycles. The maximum atomic E-state index is 14.1. The van der Waals surface area contributed by atoms with Crippen molar-refractivity contribution in [1.29, 1.82) is 0 Å². The van der Waals surface area contributed by atoms with E-state index < -0.39 is 51.2 Å². The van der Waals surface area contributed by atoms with Crippen LogP contribution in [-0.2, 0) is 9.53 Å². The number of rotatable bonds is 6. The van der Waals surface area contributed by atoms with E-state index in [1.165, 1.54) is 6.92 Å². The largest absolute Gasteiger partial charge is 0.462 e. The summed E-state index contributed by atoms with van der Waals surface area (Å²) in [5.74, 6) is -8.39. The minimum Gasteiger partial charge on any atom is -0.462 e. The first-order valence-corrected chi connectivity index (χ1v) is 7.97. The molecular weight excluding hydrogens is 406 g/mol. The molecule has 2 rings (SSSR count). The van der Waals surface area contributed by atoms with E-state index in [4.69, 9.17) is 22.1 Å². The smallest absolute Gasteiger partial charge is 0.343 e. The lowest BCUT2D eigenvalue weighted by atomic mass is 10.0. The van der Waals surface area contributed by atoms with Crippen molar-refractivity contribution in [2.75, 3.05) is 17.7 Å². The van der Waals surface area contributed by atoms with Crippen LogP contribution >= 0.6 is 11.6 Å². The number of ketones is 1. The Hall–Kier alpha value is -3.14. The van der Waals surface area contributed by atoms with E-state index in [9.17, 15) is 27.2 Å². The van der Waals surface area contributed by atoms with Crippen molar-refractivity contribution in [3.8, 4) is 0 Å². The first-order valence-electron chi connectivity index (χ1n) is 7.59. The molecule has 6 nitrogen and oxygen atoms in total. The number of carbonyl (C=O) groups is 2. The van der Waals surface area contributed by atoms with Gasteiger partial charge in [0.15, 0.2) is 23.3 Å². The number of nitrogen functional groups attached to an aromatic ring is 1. The van der Waals surface area contributed by atoms with Gasteiger partial charge in [0.25, 0.3) is 0 Å². The second-order valence-corrected chi connectivity index (χ2v) is 5.57. The summed E-state index contributed by atoms with van der Waals surface area (Å²) >= 11 is 5.32. The second-order valence-electron chi connectivity index (χ2n) is 5.19. The third kappa shape index (κ3) is 4.39. The molecule has 0 spiro atoms. The number of anilines is 2. The standard InChI is InChI=1S/C17H12ClF4N3O3/c1-2-28-17(27)8(5-24-11-4-12(23)25-6-10(11)20)16(26)7-3-9(19)15(22)13(18)14(7)21/h3-6H,2H2,1H3,(H3,23,24,25). The van der Waals surface area contributed by atoms with E-state index in [2.05, 4.69) is 10.3 Å². The number of Topliss-reactive ketones (excluding diaryl/α,β-unsaturated/α-hetero) is 1. The number of esters is 1. The maximum Gasteiger partial charge on any atom is 0.343 e. The van der Waals surface area contributed by atoms with Gasteiger partial charge in [-0.3, -0.25) is 4.79 Å². The lowest BCUT2D eigenvalue weighted by molar-refractivity contribution is -0.138. The third-order valence-corrected chi connectivity index (χ3v) is 3.67. The van der Waals surface area contributed by atoms with Crippen LogP contribution in [-0.4, -0.2) is 23.3 Å². The Morgan fingerprint density at radius 2 is 1.89 bits per heavy atom. The van der Waals surface area contributed by atoms with Gasteiger partial charge in [-0.15, -0.1) is 0 Å². The van der Waals surface area contributed by atoms with Crippen LogP contribution in [0.1, 0.15) is 17.3 Å². The Morgan fingerprint density at radius 1 is 1.21 bits per heavy atom. The van der Waals surface area contributed by atoms with Crippen molar-refractivity contribution in [1.82, 2.24) is 4.98 Å². The Labute approximate surface area is 160 Å². The number of hydrogen-bond acceptors (Lipinski definition) is 6. The van der Waals surface area contributed by atoms with Gasteiger partial charge < -0.3 is 15.8 Å². The molecule has 3 N–H and O–H groups in total. The van der Waals surface area contributed by atoms with Gasteiger partial charge in [0.05, 0.1) is 24.1 Å². The number of ether oxygens (including phenoxy) is 1. The molecule has 0 aliphatic carbocycles. The van der Waals surface area contributed by atoms with E-state index in [0.29, 0.717) is 6.20 Å². The third-order valence-electron chi connectivity index (χ3n) is 3.34. The Kier molecular flexibility index (Phi) is 6.57. The molecule has 1 heterocycles. The molecule has 11 heteroatoms. The highest BCUT2D eigenvalue weighted by molar-refractivity contribution is 6.32. The Morgan fingerprint density at radius 3 is 2.54 bits per heavy atom. The van der Waals surface area contributed by atoms with E-state index in [-0.39, 0.29) is 24.2 Å². The quantitative estimate of drug-likeness (QED) is 0.109. The number of aromatic nitrogens is 1. The van der Waals surface area contributed by atoms with Crippen LogP contribution < -0.4 is 11.1 Å². The Bertz CT molecular complexity index is 983. The van der Waals surface area contributed by atoms with Crippen LogP contribution in [0.15, 0.2) is 30.1 Å². The van der Waals surface area contributed by atoms with Crippen molar-refractivity contribution in [2.45, 2.75) is 6.92 Å². The fraction of sp³-hybridized carbons (Fsp3) is 0.118. The highest BCUT2D eigenvalue weighted by Crippen LogP contribution is 2.27. The summed E-state index contributed by atoms with van der Waals surface area (Å²) in [5, 5.41) is 1.04. The molecule has 1 aromatic heterocycles. The van der Waals surface area contributed by atoms with Gasteiger partial charge in [-0.1, -0.05) is 11.6 Å². The van der Waals surface area contributed by atoms with Gasteiger partial charge in [-0.2, -0.15) is 0 Å². The summed E-state index contributed by atoms with van der Waals surface area (Å²) in [4.78, 5) is 28.1.